The summed E-state index contributed by atoms with van der Waals surface area (Å²) in [6, 6.07) is -0.693. The molecule has 0 aliphatic heterocycles. The zero-order chi connectivity index (χ0) is 41.7. The predicted octanol–water partition coefficient (Wildman–Crippen LogP) is 15.0. The van der Waals surface area contributed by atoms with Crippen molar-refractivity contribution in [2.24, 2.45) is 0 Å². The van der Waals surface area contributed by atoms with Crippen molar-refractivity contribution in [2.45, 2.75) is 296 Å². The van der Waals surface area contributed by atoms with Crippen LogP contribution in [0.4, 0.5) is 0 Å². The third-order valence-electron chi connectivity index (χ3n) is 11.8. The molecule has 1 amide bonds. The van der Waals surface area contributed by atoms with Gasteiger partial charge < -0.3 is 20.3 Å². The highest BCUT2D eigenvalue weighted by Gasteiger charge is 2.24. The van der Waals surface area contributed by atoms with E-state index in [4.69, 9.17) is 4.74 Å². The Kier molecular flexibility index (Phi) is 44.6. The number of esters is 1. The van der Waals surface area contributed by atoms with Crippen molar-refractivity contribution >= 4 is 11.9 Å². The molecule has 0 saturated heterocycles. The Balaban J connectivity index is 4.35. The molecule has 57 heavy (non-hydrogen) atoms. The van der Waals surface area contributed by atoms with Crippen LogP contribution in [-0.2, 0) is 14.3 Å². The molecule has 3 unspecified atom stereocenters. The van der Waals surface area contributed by atoms with Gasteiger partial charge in [0.15, 0.2) is 0 Å². The smallest absolute Gasteiger partial charge is 0.306 e. The molecule has 0 radical (unpaired) electrons. The summed E-state index contributed by atoms with van der Waals surface area (Å²) in [7, 11) is 0. The summed E-state index contributed by atoms with van der Waals surface area (Å²) in [5, 5.41) is 23.6. The highest BCUT2D eigenvalue weighted by molar-refractivity contribution is 5.77. The van der Waals surface area contributed by atoms with Gasteiger partial charge in [0.25, 0.3) is 0 Å². The quantitative estimate of drug-likeness (QED) is 0.0323. The molecule has 0 spiro atoms. The van der Waals surface area contributed by atoms with Crippen LogP contribution in [-0.4, -0.2) is 46.9 Å². The number of ether oxygens (including phenoxy) is 1. The molecule has 0 fully saturated rings. The molecule has 0 heterocycles. The molecule has 0 aromatic heterocycles. The number of aliphatic hydroxyl groups is 2. The first kappa shape index (κ1) is 55.6. The minimum Gasteiger partial charge on any atom is -0.462 e. The number of unbranched alkanes of at least 4 members (excludes halogenated alkanes) is 32. The summed E-state index contributed by atoms with van der Waals surface area (Å²) in [5.41, 5.74) is 0. The molecule has 6 heteroatoms. The SMILES string of the molecule is CCCCCCCC/C=C/CCCCCCCCCCCC(=O)OC(CCCCCCCCCC)CC(=O)NC(CO)C(O)CCCCCCCCCCCCC. The number of carbonyl (C=O) groups is 2. The fraction of sp³-hybridized carbons (Fsp3) is 0.922. The standard InChI is InChI=1S/C51H99NO5/c1-4-7-10-13-16-19-21-22-23-24-25-26-27-28-30-32-35-38-41-44-51(56)57-47(42-39-36-33-18-15-12-9-6-3)45-50(55)52-48(46-53)49(54)43-40-37-34-31-29-20-17-14-11-8-5-2/h22-23,47-49,53-54H,4-21,24-46H2,1-3H3,(H,52,55)/b23-22+. The second-order valence-electron chi connectivity index (χ2n) is 17.6. The van der Waals surface area contributed by atoms with Gasteiger partial charge in [-0.15, -0.1) is 0 Å². The molecule has 0 aliphatic carbocycles. The van der Waals surface area contributed by atoms with Crippen molar-refractivity contribution in [3.05, 3.63) is 12.2 Å². The van der Waals surface area contributed by atoms with E-state index in [-0.39, 0.29) is 24.9 Å². The first-order valence-corrected chi connectivity index (χ1v) is 25.4. The van der Waals surface area contributed by atoms with Crippen LogP contribution >= 0.6 is 0 Å². The van der Waals surface area contributed by atoms with Crippen LogP contribution < -0.4 is 5.32 Å². The number of carbonyl (C=O) groups excluding carboxylic acids is 2. The Morgan fingerprint density at radius 1 is 0.491 bits per heavy atom. The number of amides is 1. The first-order chi connectivity index (χ1) is 28.0. The van der Waals surface area contributed by atoms with Gasteiger partial charge in [-0.3, -0.25) is 9.59 Å². The van der Waals surface area contributed by atoms with Gasteiger partial charge in [0.05, 0.1) is 25.2 Å². The summed E-state index contributed by atoms with van der Waals surface area (Å²) >= 11 is 0. The maximum absolute atomic E-state index is 13.1. The summed E-state index contributed by atoms with van der Waals surface area (Å²) in [6.07, 6.45) is 50.0. The van der Waals surface area contributed by atoms with E-state index in [0.29, 0.717) is 19.3 Å². The highest BCUT2D eigenvalue weighted by atomic mass is 16.5. The van der Waals surface area contributed by atoms with Crippen LogP contribution in [0.5, 0.6) is 0 Å². The Morgan fingerprint density at radius 3 is 1.25 bits per heavy atom. The van der Waals surface area contributed by atoms with E-state index in [9.17, 15) is 19.8 Å². The lowest BCUT2D eigenvalue weighted by molar-refractivity contribution is -0.151. The summed E-state index contributed by atoms with van der Waals surface area (Å²) < 4.78 is 5.91. The topological polar surface area (TPSA) is 95.9 Å². The molecule has 0 bridgehead atoms. The number of allylic oxidation sites excluding steroid dienone is 2. The van der Waals surface area contributed by atoms with Crippen molar-refractivity contribution in [1.29, 1.82) is 0 Å². The van der Waals surface area contributed by atoms with Gasteiger partial charge in [-0.05, 0) is 51.4 Å². The molecule has 3 atom stereocenters. The fourth-order valence-corrected chi connectivity index (χ4v) is 7.96. The van der Waals surface area contributed by atoms with Crippen molar-refractivity contribution in [2.75, 3.05) is 6.61 Å². The minimum atomic E-state index is -0.780. The van der Waals surface area contributed by atoms with Crippen molar-refractivity contribution in [3.63, 3.8) is 0 Å². The number of hydrogen-bond donors (Lipinski definition) is 3. The van der Waals surface area contributed by atoms with Gasteiger partial charge in [0, 0.05) is 6.42 Å². The van der Waals surface area contributed by atoms with Crippen molar-refractivity contribution in [1.82, 2.24) is 5.32 Å². The lowest BCUT2D eigenvalue weighted by atomic mass is 10.0. The van der Waals surface area contributed by atoms with Gasteiger partial charge in [-0.25, -0.2) is 0 Å². The number of rotatable bonds is 46. The second kappa shape index (κ2) is 45.7. The molecule has 0 aromatic carbocycles. The fourth-order valence-electron chi connectivity index (χ4n) is 7.96. The zero-order valence-electron chi connectivity index (χ0n) is 38.5. The molecule has 6 nitrogen and oxygen atoms in total. The van der Waals surface area contributed by atoms with Crippen LogP contribution in [0.2, 0.25) is 0 Å². The maximum atomic E-state index is 13.1. The van der Waals surface area contributed by atoms with Gasteiger partial charge in [0.1, 0.15) is 6.10 Å². The molecule has 0 aliphatic rings. The maximum Gasteiger partial charge on any atom is 0.306 e. The zero-order valence-corrected chi connectivity index (χ0v) is 38.5. The minimum absolute atomic E-state index is 0.0827. The average molecular weight is 806 g/mol. The lowest BCUT2D eigenvalue weighted by Gasteiger charge is -2.24. The van der Waals surface area contributed by atoms with E-state index < -0.39 is 18.2 Å². The summed E-state index contributed by atoms with van der Waals surface area (Å²) in [6.45, 7) is 6.47. The van der Waals surface area contributed by atoms with Gasteiger partial charge in [0.2, 0.25) is 5.91 Å². The van der Waals surface area contributed by atoms with Crippen LogP contribution in [0.1, 0.15) is 278 Å². The van der Waals surface area contributed by atoms with E-state index in [1.807, 2.05) is 0 Å². The van der Waals surface area contributed by atoms with Crippen molar-refractivity contribution < 1.29 is 24.5 Å². The van der Waals surface area contributed by atoms with Crippen LogP contribution in [0.15, 0.2) is 12.2 Å². The van der Waals surface area contributed by atoms with Gasteiger partial charge in [-0.1, -0.05) is 226 Å². The van der Waals surface area contributed by atoms with Gasteiger partial charge in [-0.2, -0.15) is 0 Å². The van der Waals surface area contributed by atoms with E-state index in [2.05, 4.69) is 38.2 Å². The molecule has 0 aromatic rings. The summed E-state index contributed by atoms with van der Waals surface area (Å²) in [5.74, 6) is -0.465. The molecule has 338 valence electrons. The predicted molar refractivity (Wildman–Crippen MR) is 246 cm³/mol. The lowest BCUT2D eigenvalue weighted by Crippen LogP contribution is -2.46. The Bertz CT molecular complexity index is 863. The molecule has 0 saturated carbocycles. The molecule has 3 N–H and O–H groups in total. The normalized spacial score (nSPS) is 13.3. The van der Waals surface area contributed by atoms with Crippen LogP contribution in [0.3, 0.4) is 0 Å². The third kappa shape index (κ3) is 41.1. The first-order valence-electron chi connectivity index (χ1n) is 25.4. The number of nitrogens with one attached hydrogen (secondary N) is 1. The Morgan fingerprint density at radius 2 is 0.842 bits per heavy atom. The third-order valence-corrected chi connectivity index (χ3v) is 11.8. The number of hydrogen-bond acceptors (Lipinski definition) is 5. The molecular weight excluding hydrogens is 707 g/mol. The highest BCUT2D eigenvalue weighted by Crippen LogP contribution is 2.18. The monoisotopic (exact) mass is 806 g/mol. The van der Waals surface area contributed by atoms with Crippen LogP contribution in [0.25, 0.3) is 0 Å². The van der Waals surface area contributed by atoms with E-state index >= 15 is 0 Å². The van der Waals surface area contributed by atoms with E-state index in [1.165, 1.54) is 186 Å². The van der Waals surface area contributed by atoms with Gasteiger partial charge >= 0.3 is 5.97 Å². The van der Waals surface area contributed by atoms with Crippen molar-refractivity contribution in [3.8, 4) is 0 Å². The Labute approximate surface area is 355 Å². The van der Waals surface area contributed by atoms with Crippen LogP contribution in [0, 0.1) is 0 Å². The Hall–Kier alpha value is -1.40. The number of aliphatic hydroxyl groups excluding tert-OH is 2. The molecule has 0 rings (SSSR count). The summed E-state index contributed by atoms with van der Waals surface area (Å²) in [4.78, 5) is 26.0. The largest absolute Gasteiger partial charge is 0.462 e. The second-order valence-corrected chi connectivity index (χ2v) is 17.6. The average Bonchev–Trinajstić information content (AvgIpc) is 3.20. The van der Waals surface area contributed by atoms with E-state index in [1.54, 1.807) is 0 Å². The van der Waals surface area contributed by atoms with E-state index in [0.717, 1.165) is 44.9 Å². The molecular formula is C51H99NO5.